The van der Waals surface area contributed by atoms with Crippen LogP contribution in [-0.2, 0) is 0 Å². The van der Waals surface area contributed by atoms with E-state index < -0.39 is 12.6 Å². The molecular weight excluding hydrogens is 430 g/mol. The molecule has 2 heterocycles. The van der Waals surface area contributed by atoms with Crippen molar-refractivity contribution in [2.45, 2.75) is 19.0 Å². The van der Waals surface area contributed by atoms with Gasteiger partial charge in [0, 0.05) is 18.5 Å². The summed E-state index contributed by atoms with van der Waals surface area (Å²) in [7, 11) is 1.60. The molecule has 170 valence electrons. The number of H-pyrrole nitrogens is 1. The second-order valence-corrected chi connectivity index (χ2v) is 7.24. The van der Waals surface area contributed by atoms with Gasteiger partial charge in [0.2, 0.25) is 6.43 Å². The number of hydrogen-bond donors (Lipinski definition) is 2. The molecule has 2 N–H and O–H groups in total. The summed E-state index contributed by atoms with van der Waals surface area (Å²) in [5, 5.41) is 3.09. The summed E-state index contributed by atoms with van der Waals surface area (Å²) in [6.07, 6.45) is -2.01. The van der Waals surface area contributed by atoms with Crippen molar-refractivity contribution in [1.82, 2.24) is 9.97 Å². The van der Waals surface area contributed by atoms with E-state index >= 15 is 0 Å². The molecule has 1 aliphatic rings. The highest BCUT2D eigenvalue weighted by atomic mass is 19.3. The average molecular weight is 452 g/mol. The van der Waals surface area contributed by atoms with E-state index in [0.29, 0.717) is 11.6 Å². The fraction of sp³-hybridized carbons (Fsp3) is 0.250. The second-order valence-electron chi connectivity index (χ2n) is 7.24. The zero-order valence-electron chi connectivity index (χ0n) is 17.8. The normalized spacial score (nSPS) is 14.3. The van der Waals surface area contributed by atoms with E-state index in [-0.39, 0.29) is 30.8 Å². The van der Waals surface area contributed by atoms with E-state index in [4.69, 9.17) is 9.47 Å². The summed E-state index contributed by atoms with van der Waals surface area (Å²) in [6, 6.07) is 14.6. The van der Waals surface area contributed by atoms with Crippen molar-refractivity contribution in [2.75, 3.05) is 30.5 Å². The Kier molecular flexibility index (Phi) is 6.74. The molecule has 0 radical (unpaired) electrons. The minimum Gasteiger partial charge on any atom is -0.497 e. The number of anilines is 2. The lowest BCUT2D eigenvalue weighted by molar-refractivity contribution is 0.139. The molecule has 4 rings (SSSR count). The summed E-state index contributed by atoms with van der Waals surface area (Å²) >= 11 is 0. The Labute approximate surface area is 189 Å². The van der Waals surface area contributed by atoms with Gasteiger partial charge in [0.1, 0.15) is 30.0 Å². The summed E-state index contributed by atoms with van der Waals surface area (Å²) in [4.78, 5) is 20.5. The molecule has 0 bridgehead atoms. The largest absolute Gasteiger partial charge is 0.497 e. The number of benzene rings is 2. The van der Waals surface area contributed by atoms with E-state index in [1.165, 1.54) is 6.33 Å². The predicted octanol–water partition coefficient (Wildman–Crippen LogP) is 3.79. The fourth-order valence-electron chi connectivity index (χ4n) is 3.51. The van der Waals surface area contributed by atoms with Gasteiger partial charge >= 0.3 is 0 Å². The lowest BCUT2D eigenvalue weighted by Crippen LogP contribution is -2.30. The first-order valence-corrected chi connectivity index (χ1v) is 10.3. The molecule has 33 heavy (non-hydrogen) atoms. The third-order valence-corrected chi connectivity index (χ3v) is 5.10. The molecule has 0 aliphatic carbocycles. The zero-order chi connectivity index (χ0) is 23.2. The molecule has 2 aromatic carbocycles. The molecule has 1 aromatic heterocycles. The molecule has 0 spiro atoms. The Morgan fingerprint density at radius 3 is 2.76 bits per heavy atom. The zero-order valence-corrected chi connectivity index (χ0v) is 17.8. The number of methoxy groups -OCH3 is 1. The van der Waals surface area contributed by atoms with Crippen LogP contribution in [0.3, 0.4) is 0 Å². The molecule has 1 atom stereocenters. The Morgan fingerprint density at radius 2 is 2.00 bits per heavy atom. The minimum atomic E-state index is -2.45. The molecule has 9 heteroatoms. The number of halogens is 2. The van der Waals surface area contributed by atoms with Crippen molar-refractivity contribution in [2.24, 2.45) is 0 Å². The third-order valence-electron chi connectivity index (χ3n) is 5.10. The highest BCUT2D eigenvalue weighted by molar-refractivity contribution is 5.71. The van der Waals surface area contributed by atoms with Crippen molar-refractivity contribution in [3.05, 3.63) is 76.3 Å². The fourth-order valence-corrected chi connectivity index (χ4v) is 3.51. The molecule has 0 saturated carbocycles. The van der Waals surface area contributed by atoms with E-state index in [1.807, 2.05) is 36.4 Å². The number of aromatic nitrogens is 2. The van der Waals surface area contributed by atoms with Crippen LogP contribution in [0.5, 0.6) is 11.5 Å². The first-order valence-electron chi connectivity index (χ1n) is 10.3. The van der Waals surface area contributed by atoms with Crippen molar-refractivity contribution >= 4 is 11.5 Å². The second kappa shape index (κ2) is 10.0. The van der Waals surface area contributed by atoms with Gasteiger partial charge in [-0.05, 0) is 35.9 Å². The van der Waals surface area contributed by atoms with E-state index in [1.54, 1.807) is 24.1 Å². The van der Waals surface area contributed by atoms with Gasteiger partial charge in [-0.15, -0.1) is 0 Å². The number of fused-ring (bicyclic) bond motifs is 1. The van der Waals surface area contributed by atoms with Gasteiger partial charge in [-0.2, -0.15) is 0 Å². The highest BCUT2D eigenvalue weighted by Crippen LogP contribution is 2.37. The van der Waals surface area contributed by atoms with Gasteiger partial charge in [-0.25, -0.2) is 13.8 Å². The molecule has 1 aliphatic heterocycles. The molecule has 1 unspecified atom stereocenters. The topological polar surface area (TPSA) is 79.5 Å². The number of hydrogen-bond acceptors (Lipinski definition) is 6. The van der Waals surface area contributed by atoms with Gasteiger partial charge in [-0.1, -0.05) is 30.0 Å². The van der Waals surface area contributed by atoms with Crippen molar-refractivity contribution in [1.29, 1.82) is 0 Å². The first-order chi connectivity index (χ1) is 16.0. The van der Waals surface area contributed by atoms with Gasteiger partial charge in [0.25, 0.3) is 5.56 Å². The molecule has 3 aromatic rings. The number of nitrogens with zero attached hydrogens (tertiary/aromatic N) is 2. The Morgan fingerprint density at radius 1 is 1.18 bits per heavy atom. The Hall–Kier alpha value is -4.06. The maximum atomic E-state index is 12.9. The smallest absolute Gasteiger partial charge is 0.276 e. The molecular formula is C24H22F2N4O3. The van der Waals surface area contributed by atoms with Crippen LogP contribution in [0.4, 0.5) is 20.3 Å². The Bertz CT molecular complexity index is 1220. The average Bonchev–Trinajstić information content (AvgIpc) is 3.21. The summed E-state index contributed by atoms with van der Waals surface area (Å²) in [6.45, 7) is 0.250. The first kappa shape index (κ1) is 22.1. The molecule has 7 nitrogen and oxygen atoms in total. The van der Waals surface area contributed by atoms with Crippen LogP contribution < -0.4 is 25.2 Å². The maximum absolute atomic E-state index is 12.9. The highest BCUT2D eigenvalue weighted by Gasteiger charge is 2.33. The van der Waals surface area contributed by atoms with E-state index in [9.17, 15) is 13.6 Å². The van der Waals surface area contributed by atoms with E-state index in [0.717, 1.165) is 16.9 Å². The number of rotatable bonds is 7. The maximum Gasteiger partial charge on any atom is 0.276 e. The minimum absolute atomic E-state index is 0.0525. The lowest BCUT2D eigenvalue weighted by Gasteiger charge is -2.26. The number of alkyl halides is 2. The van der Waals surface area contributed by atoms with Crippen LogP contribution in [0, 0.1) is 11.8 Å². The van der Waals surface area contributed by atoms with Gasteiger partial charge in [-0.3, -0.25) is 4.79 Å². The number of aromatic amines is 1. The Balaban J connectivity index is 1.43. The predicted molar refractivity (Wildman–Crippen MR) is 121 cm³/mol. The van der Waals surface area contributed by atoms with E-state index in [2.05, 4.69) is 27.1 Å². The number of nitrogens with one attached hydrogen (secondary N) is 2. The van der Waals surface area contributed by atoms with Crippen LogP contribution in [0.25, 0.3) is 0 Å². The summed E-state index contributed by atoms with van der Waals surface area (Å²) in [5.41, 5.74) is 1.54. The van der Waals surface area contributed by atoms with Crippen LogP contribution in [-0.4, -0.2) is 36.7 Å². The van der Waals surface area contributed by atoms with Crippen LogP contribution in [0.15, 0.2) is 59.7 Å². The number of ether oxygens (including phenoxy) is 2. The monoisotopic (exact) mass is 452 g/mol. The van der Waals surface area contributed by atoms with Gasteiger partial charge < -0.3 is 24.7 Å². The summed E-state index contributed by atoms with van der Waals surface area (Å²) < 4.78 is 36.6. The molecule has 0 fully saturated rings. The SMILES string of the molecule is COc1cccc(C#CCOc2ccc(C3Nc4c(nc[nH]c4=O)N3CCC(F)F)cc2)c1. The quantitative estimate of drug-likeness (QED) is 0.531. The summed E-state index contributed by atoms with van der Waals surface area (Å²) in [5.74, 6) is 7.69. The standard InChI is InChI=1S/C24H22F2N4O3/c1-32-19-6-2-4-16(14-19)5-3-13-33-18-9-7-17(8-10-18)22-29-21-23(27-15-28-24(21)31)30(22)12-11-20(25)26/h2,4,6-10,14-15,20,22,29H,11-13H2,1H3,(H,27,28,31). The lowest BCUT2D eigenvalue weighted by atomic mass is 10.1. The van der Waals surface area contributed by atoms with Gasteiger partial charge in [0.15, 0.2) is 5.82 Å². The van der Waals surface area contributed by atoms with Crippen LogP contribution in [0.2, 0.25) is 0 Å². The van der Waals surface area contributed by atoms with Crippen LogP contribution >= 0.6 is 0 Å². The molecule has 0 saturated heterocycles. The molecule has 0 amide bonds. The van der Waals surface area contributed by atoms with Crippen molar-refractivity contribution in [3.63, 3.8) is 0 Å². The third kappa shape index (κ3) is 5.23. The van der Waals surface area contributed by atoms with Crippen molar-refractivity contribution < 1.29 is 18.3 Å². The van der Waals surface area contributed by atoms with Gasteiger partial charge in [0.05, 0.1) is 13.4 Å². The van der Waals surface area contributed by atoms with Crippen molar-refractivity contribution in [3.8, 4) is 23.3 Å². The van der Waals surface area contributed by atoms with Crippen LogP contribution in [0.1, 0.15) is 23.7 Å².